The Morgan fingerprint density at radius 3 is 2.45 bits per heavy atom. The number of rotatable bonds is 5. The molecule has 8 nitrogen and oxygen atoms in total. The third-order valence-electron chi connectivity index (χ3n) is 4.27. The van der Waals surface area contributed by atoms with E-state index in [-0.39, 0.29) is 22.1 Å². The number of pyridine rings is 3. The van der Waals surface area contributed by atoms with Crippen LogP contribution < -0.4 is 5.32 Å². The van der Waals surface area contributed by atoms with Gasteiger partial charge in [-0.05, 0) is 43.3 Å². The molecule has 0 bridgehead atoms. The molecule has 0 aliphatic heterocycles. The molecule has 0 spiro atoms. The molecule has 0 fully saturated rings. The maximum atomic E-state index is 12.6. The van der Waals surface area contributed by atoms with Gasteiger partial charge in [0.15, 0.2) is 5.76 Å². The molecule has 0 unspecified atom stereocenters. The molecule has 4 heterocycles. The van der Waals surface area contributed by atoms with E-state index in [1.54, 1.807) is 43.6 Å². The molecule has 1 amide bonds. The van der Waals surface area contributed by atoms with Crippen molar-refractivity contribution in [2.45, 2.75) is 23.3 Å². The number of hydrogen-bond acceptors (Lipinski definition) is 7. The first-order chi connectivity index (χ1) is 13.9. The number of aromatic nitrogens is 3. The molecule has 0 atom stereocenters. The largest absolute Gasteiger partial charge is 0.451 e. The van der Waals surface area contributed by atoms with Crippen molar-refractivity contribution in [3.05, 3.63) is 78.3 Å². The van der Waals surface area contributed by atoms with Crippen LogP contribution in [0.25, 0.3) is 11.0 Å². The number of nitrogens with zero attached hydrogens (tertiary/aromatic N) is 3. The molecule has 0 saturated heterocycles. The summed E-state index contributed by atoms with van der Waals surface area (Å²) in [7, 11) is -3.69. The summed E-state index contributed by atoms with van der Waals surface area (Å²) in [6.07, 6.45) is 5.78. The summed E-state index contributed by atoms with van der Waals surface area (Å²) in [5.41, 5.74) is 1.81. The standard InChI is InChI=1S/C20H16N4O4S/c1-13-2-4-16(11-22-13)29(26,27)17-5-3-15(23-12-17)10-24-20(25)19-8-14-9-21-7-6-18(14)28-19/h2-9,11-12H,10H2,1H3,(H,24,25). The van der Waals surface area contributed by atoms with E-state index < -0.39 is 15.7 Å². The van der Waals surface area contributed by atoms with Crippen LogP contribution in [0.1, 0.15) is 21.9 Å². The lowest BCUT2D eigenvalue weighted by Crippen LogP contribution is -2.22. The van der Waals surface area contributed by atoms with E-state index in [1.807, 2.05) is 0 Å². The first-order valence-electron chi connectivity index (χ1n) is 8.68. The third kappa shape index (κ3) is 3.85. The minimum atomic E-state index is -3.69. The van der Waals surface area contributed by atoms with Gasteiger partial charge in [0.2, 0.25) is 9.84 Å². The molecular weight excluding hydrogens is 392 g/mol. The molecule has 4 aromatic heterocycles. The molecule has 0 aliphatic carbocycles. The maximum Gasteiger partial charge on any atom is 0.287 e. The molecule has 9 heteroatoms. The second-order valence-electron chi connectivity index (χ2n) is 6.33. The summed E-state index contributed by atoms with van der Waals surface area (Å²) in [6.45, 7) is 1.91. The number of carbonyl (C=O) groups excluding carboxylic acids is 1. The number of furan rings is 1. The lowest BCUT2D eigenvalue weighted by atomic mass is 10.3. The molecule has 1 N–H and O–H groups in total. The lowest BCUT2D eigenvalue weighted by Gasteiger charge is -2.06. The molecule has 0 aromatic carbocycles. The molecular formula is C20H16N4O4S. The van der Waals surface area contributed by atoms with Crippen molar-refractivity contribution in [2.24, 2.45) is 0 Å². The molecule has 4 rings (SSSR count). The van der Waals surface area contributed by atoms with Gasteiger partial charge in [-0.15, -0.1) is 0 Å². The Morgan fingerprint density at radius 1 is 1.03 bits per heavy atom. The van der Waals surface area contributed by atoms with Crippen LogP contribution in [0, 0.1) is 6.92 Å². The van der Waals surface area contributed by atoms with Crippen molar-refractivity contribution < 1.29 is 17.6 Å². The van der Waals surface area contributed by atoms with Gasteiger partial charge in [-0.3, -0.25) is 19.7 Å². The first-order valence-corrected chi connectivity index (χ1v) is 10.2. The smallest absolute Gasteiger partial charge is 0.287 e. The molecule has 0 saturated carbocycles. The second-order valence-corrected chi connectivity index (χ2v) is 8.28. The van der Waals surface area contributed by atoms with Crippen LogP contribution in [0.15, 0.2) is 75.4 Å². The molecule has 146 valence electrons. The fourth-order valence-electron chi connectivity index (χ4n) is 2.68. The van der Waals surface area contributed by atoms with Gasteiger partial charge < -0.3 is 9.73 Å². The zero-order chi connectivity index (χ0) is 20.4. The number of fused-ring (bicyclic) bond motifs is 1. The van der Waals surface area contributed by atoms with Crippen LogP contribution in [0.3, 0.4) is 0 Å². The predicted molar refractivity (Wildman–Crippen MR) is 104 cm³/mol. The number of nitrogens with one attached hydrogen (secondary N) is 1. The van der Waals surface area contributed by atoms with E-state index >= 15 is 0 Å². The highest BCUT2D eigenvalue weighted by atomic mass is 32.2. The highest BCUT2D eigenvalue weighted by Crippen LogP contribution is 2.20. The summed E-state index contributed by atoms with van der Waals surface area (Å²) < 4.78 is 30.7. The van der Waals surface area contributed by atoms with Gasteiger partial charge in [-0.25, -0.2) is 8.42 Å². The number of amides is 1. The average Bonchev–Trinajstić information content (AvgIpc) is 3.17. The minimum Gasteiger partial charge on any atom is -0.451 e. The predicted octanol–water partition coefficient (Wildman–Crippen LogP) is 2.69. The number of hydrogen-bond donors (Lipinski definition) is 1. The van der Waals surface area contributed by atoms with Gasteiger partial charge in [0.25, 0.3) is 5.91 Å². The van der Waals surface area contributed by atoms with Gasteiger partial charge in [0.1, 0.15) is 5.58 Å². The summed E-state index contributed by atoms with van der Waals surface area (Å²) in [5, 5.41) is 3.43. The summed E-state index contributed by atoms with van der Waals surface area (Å²) in [4.78, 5) is 24.6. The Balaban J connectivity index is 1.45. The van der Waals surface area contributed by atoms with Crippen molar-refractivity contribution in [2.75, 3.05) is 0 Å². The van der Waals surface area contributed by atoms with Crippen molar-refractivity contribution >= 4 is 26.7 Å². The Morgan fingerprint density at radius 2 is 1.79 bits per heavy atom. The average molecular weight is 408 g/mol. The van der Waals surface area contributed by atoms with Crippen LogP contribution in [-0.2, 0) is 16.4 Å². The fraction of sp³-hybridized carbons (Fsp3) is 0.100. The van der Waals surface area contributed by atoms with Crippen molar-refractivity contribution in [1.29, 1.82) is 0 Å². The van der Waals surface area contributed by atoms with Crippen molar-refractivity contribution in [1.82, 2.24) is 20.3 Å². The van der Waals surface area contributed by atoms with Gasteiger partial charge in [-0.1, -0.05) is 0 Å². The van der Waals surface area contributed by atoms with Crippen LogP contribution in [0.2, 0.25) is 0 Å². The van der Waals surface area contributed by atoms with Gasteiger partial charge in [-0.2, -0.15) is 0 Å². The van der Waals surface area contributed by atoms with Crippen molar-refractivity contribution in [3.63, 3.8) is 0 Å². The van der Waals surface area contributed by atoms with Crippen LogP contribution >= 0.6 is 0 Å². The van der Waals surface area contributed by atoms with Crippen LogP contribution in [-0.4, -0.2) is 29.3 Å². The van der Waals surface area contributed by atoms with Crippen LogP contribution in [0.4, 0.5) is 0 Å². The van der Waals surface area contributed by atoms with E-state index in [1.165, 1.54) is 24.5 Å². The Kier molecular flexibility index (Phi) is 4.81. The first kappa shape index (κ1) is 18.8. The van der Waals surface area contributed by atoms with Gasteiger partial charge in [0, 0.05) is 35.9 Å². The number of aryl methyl sites for hydroxylation is 1. The minimum absolute atomic E-state index is 0.0583. The second kappa shape index (κ2) is 7.44. The highest BCUT2D eigenvalue weighted by molar-refractivity contribution is 7.91. The number of carbonyl (C=O) groups is 1. The highest BCUT2D eigenvalue weighted by Gasteiger charge is 2.18. The van der Waals surface area contributed by atoms with Gasteiger partial charge >= 0.3 is 0 Å². The Bertz CT molecular complexity index is 1250. The maximum absolute atomic E-state index is 12.6. The summed E-state index contributed by atoms with van der Waals surface area (Å²) in [5.74, 6) is -0.232. The van der Waals surface area contributed by atoms with Gasteiger partial charge in [0.05, 0.1) is 22.0 Å². The van der Waals surface area contributed by atoms with Crippen molar-refractivity contribution in [3.8, 4) is 0 Å². The topological polar surface area (TPSA) is 115 Å². The number of sulfone groups is 1. The third-order valence-corrected chi connectivity index (χ3v) is 6.00. The van der Waals surface area contributed by atoms with E-state index in [4.69, 9.17) is 4.42 Å². The summed E-state index contributed by atoms with van der Waals surface area (Å²) >= 11 is 0. The fourth-order valence-corrected chi connectivity index (χ4v) is 3.83. The normalized spacial score (nSPS) is 11.5. The SMILES string of the molecule is Cc1ccc(S(=O)(=O)c2ccc(CNC(=O)c3cc4cnccc4o3)nc2)cn1. The van der Waals surface area contributed by atoms with E-state index in [9.17, 15) is 13.2 Å². The van der Waals surface area contributed by atoms with E-state index in [0.717, 1.165) is 11.1 Å². The molecule has 29 heavy (non-hydrogen) atoms. The summed E-state index contributed by atoms with van der Waals surface area (Å²) in [6, 6.07) is 9.44. The molecule has 0 aliphatic rings. The zero-order valence-corrected chi connectivity index (χ0v) is 16.2. The molecule has 4 aromatic rings. The Hall–Kier alpha value is -3.59. The van der Waals surface area contributed by atoms with E-state index in [2.05, 4.69) is 20.3 Å². The van der Waals surface area contributed by atoms with E-state index in [0.29, 0.717) is 11.3 Å². The Labute approximate surface area is 166 Å². The monoisotopic (exact) mass is 408 g/mol. The zero-order valence-electron chi connectivity index (χ0n) is 15.4. The lowest BCUT2D eigenvalue weighted by molar-refractivity contribution is 0.0925. The quantitative estimate of drug-likeness (QED) is 0.540. The van der Waals surface area contributed by atoms with Crippen LogP contribution in [0.5, 0.6) is 0 Å². The molecule has 0 radical (unpaired) electrons.